The summed E-state index contributed by atoms with van der Waals surface area (Å²) >= 11 is 1.49. The van der Waals surface area contributed by atoms with Gasteiger partial charge in [0.2, 0.25) is 5.91 Å². The predicted molar refractivity (Wildman–Crippen MR) is 137 cm³/mol. The lowest BCUT2D eigenvalue weighted by Gasteiger charge is -2.31. The topological polar surface area (TPSA) is 61.9 Å². The zero-order chi connectivity index (χ0) is 24.4. The number of carbonyl (C=O) groups is 2. The number of ether oxygens (including phenoxy) is 1. The minimum Gasteiger partial charge on any atom is -0.385 e. The summed E-state index contributed by atoms with van der Waals surface area (Å²) < 4.78 is 20.8. The minimum absolute atomic E-state index is 0.0116. The molecule has 0 aliphatic carbocycles. The van der Waals surface area contributed by atoms with E-state index in [1.54, 1.807) is 18.1 Å². The second kappa shape index (κ2) is 10.4. The van der Waals surface area contributed by atoms with Crippen molar-refractivity contribution in [2.45, 2.75) is 24.2 Å². The summed E-state index contributed by atoms with van der Waals surface area (Å²) in [5.41, 5.74) is 2.27. The molecule has 35 heavy (non-hydrogen) atoms. The molecule has 3 aromatic carbocycles. The van der Waals surface area contributed by atoms with E-state index in [0.717, 1.165) is 52.8 Å². The molecule has 0 aromatic heterocycles. The minimum atomic E-state index is -0.260. The number of methoxy groups -OCH3 is 1. The highest BCUT2D eigenvalue weighted by molar-refractivity contribution is 7.97. The Balaban J connectivity index is 1.32. The highest BCUT2D eigenvalue weighted by Crippen LogP contribution is 2.41. The molecule has 1 N–H and O–H groups in total. The molecule has 0 spiro atoms. The molecule has 0 bridgehead atoms. The molecule has 1 saturated heterocycles. The Bertz CT molecular complexity index is 1270. The van der Waals surface area contributed by atoms with Crippen molar-refractivity contribution in [3.05, 3.63) is 66.0 Å². The van der Waals surface area contributed by atoms with E-state index < -0.39 is 0 Å². The molecule has 2 heterocycles. The standard InChI is InChI=1S/C27H28FN3O3S/c1-34-15-5-14-31-24-12-11-23(21-9-3-10-22(25(21)24)27(31)33)29-26(32)18-6-4-13-30(17-18)35-20-8-2-7-19(28)16-20/h2-3,7-12,16,18H,4-6,13-15,17H2,1H3,(H,29,32). The first-order chi connectivity index (χ1) is 17.0. The summed E-state index contributed by atoms with van der Waals surface area (Å²) in [6, 6.07) is 16.0. The molecule has 0 radical (unpaired) electrons. The SMILES string of the molecule is COCCCN1C(=O)c2cccc3c(NC(=O)C4CCCN(Sc5cccc(F)c5)C4)ccc1c23. The Morgan fingerprint density at radius 2 is 2.06 bits per heavy atom. The van der Waals surface area contributed by atoms with Gasteiger partial charge in [-0.25, -0.2) is 8.70 Å². The highest BCUT2D eigenvalue weighted by Gasteiger charge is 2.31. The fraction of sp³-hybridized carbons (Fsp3) is 0.333. The Morgan fingerprint density at radius 3 is 2.89 bits per heavy atom. The number of hydrogen-bond acceptors (Lipinski definition) is 5. The quantitative estimate of drug-likeness (QED) is 0.339. The van der Waals surface area contributed by atoms with Gasteiger partial charge in [0.1, 0.15) is 5.82 Å². The number of nitrogens with zero attached hydrogens (tertiary/aromatic N) is 2. The molecule has 1 fully saturated rings. The molecule has 1 atom stereocenters. The third-order valence-corrected chi connectivity index (χ3v) is 7.61. The monoisotopic (exact) mass is 493 g/mol. The Labute approximate surface area is 208 Å². The van der Waals surface area contributed by atoms with E-state index in [0.29, 0.717) is 25.3 Å². The number of piperidine rings is 1. The number of halogens is 1. The van der Waals surface area contributed by atoms with Gasteiger partial charge in [-0.1, -0.05) is 18.2 Å². The molecular weight excluding hydrogens is 465 g/mol. The number of rotatable bonds is 8. The van der Waals surface area contributed by atoms with Crippen molar-refractivity contribution in [3.63, 3.8) is 0 Å². The van der Waals surface area contributed by atoms with Crippen LogP contribution in [0.4, 0.5) is 15.8 Å². The second-order valence-electron chi connectivity index (χ2n) is 8.93. The van der Waals surface area contributed by atoms with Crippen molar-refractivity contribution in [3.8, 4) is 0 Å². The van der Waals surface area contributed by atoms with Gasteiger partial charge in [0.25, 0.3) is 5.91 Å². The third kappa shape index (κ3) is 4.91. The molecule has 2 aliphatic heterocycles. The lowest BCUT2D eigenvalue weighted by atomic mass is 9.98. The van der Waals surface area contributed by atoms with E-state index in [1.807, 2.05) is 36.4 Å². The molecular formula is C27H28FN3O3S. The highest BCUT2D eigenvalue weighted by atomic mass is 32.2. The maximum atomic E-state index is 13.6. The van der Waals surface area contributed by atoms with E-state index in [4.69, 9.17) is 4.74 Å². The van der Waals surface area contributed by atoms with E-state index >= 15 is 0 Å². The summed E-state index contributed by atoms with van der Waals surface area (Å²) in [7, 11) is 1.65. The second-order valence-corrected chi connectivity index (χ2v) is 10.1. The first-order valence-corrected chi connectivity index (χ1v) is 12.7. The van der Waals surface area contributed by atoms with Crippen LogP contribution in [0.3, 0.4) is 0 Å². The molecule has 3 aromatic rings. The smallest absolute Gasteiger partial charge is 0.258 e. The largest absolute Gasteiger partial charge is 0.385 e. The Morgan fingerprint density at radius 1 is 1.20 bits per heavy atom. The van der Waals surface area contributed by atoms with Crippen molar-refractivity contribution in [1.29, 1.82) is 0 Å². The van der Waals surface area contributed by atoms with Gasteiger partial charge in [0.05, 0.1) is 11.6 Å². The number of benzene rings is 3. The van der Waals surface area contributed by atoms with Gasteiger partial charge < -0.3 is 15.0 Å². The van der Waals surface area contributed by atoms with Crippen LogP contribution in [0.2, 0.25) is 0 Å². The zero-order valence-electron chi connectivity index (χ0n) is 19.6. The van der Waals surface area contributed by atoms with Crippen LogP contribution in [0, 0.1) is 11.7 Å². The van der Waals surface area contributed by atoms with Crippen LogP contribution in [-0.2, 0) is 9.53 Å². The summed E-state index contributed by atoms with van der Waals surface area (Å²) in [5, 5.41) is 4.89. The maximum Gasteiger partial charge on any atom is 0.258 e. The van der Waals surface area contributed by atoms with E-state index in [9.17, 15) is 14.0 Å². The van der Waals surface area contributed by atoms with Crippen LogP contribution in [0.1, 0.15) is 29.6 Å². The average Bonchev–Trinajstić information content (AvgIpc) is 3.13. The van der Waals surface area contributed by atoms with Crippen LogP contribution in [0.15, 0.2) is 59.5 Å². The molecule has 2 aliphatic rings. The summed E-state index contributed by atoms with van der Waals surface area (Å²) in [6.45, 7) is 2.63. The van der Waals surface area contributed by atoms with Crippen LogP contribution in [0.25, 0.3) is 10.8 Å². The third-order valence-electron chi connectivity index (χ3n) is 6.56. The number of nitrogens with one attached hydrogen (secondary N) is 1. The van der Waals surface area contributed by atoms with Gasteiger partial charge in [-0.2, -0.15) is 0 Å². The fourth-order valence-corrected chi connectivity index (χ4v) is 5.97. The first kappa shape index (κ1) is 23.8. The van der Waals surface area contributed by atoms with Crippen molar-refractivity contribution < 1.29 is 18.7 Å². The lowest BCUT2D eigenvalue weighted by Crippen LogP contribution is -2.37. The Kier molecular flexibility index (Phi) is 7.04. The van der Waals surface area contributed by atoms with Crippen molar-refractivity contribution >= 4 is 45.9 Å². The van der Waals surface area contributed by atoms with Gasteiger partial charge in [0.15, 0.2) is 0 Å². The van der Waals surface area contributed by atoms with Crippen molar-refractivity contribution in [1.82, 2.24) is 4.31 Å². The summed E-state index contributed by atoms with van der Waals surface area (Å²) in [4.78, 5) is 28.9. The predicted octanol–water partition coefficient (Wildman–Crippen LogP) is 5.33. The van der Waals surface area contributed by atoms with Crippen molar-refractivity contribution in [2.24, 2.45) is 5.92 Å². The maximum absolute atomic E-state index is 13.6. The van der Waals surface area contributed by atoms with Crippen LogP contribution >= 0.6 is 11.9 Å². The van der Waals surface area contributed by atoms with Gasteiger partial charge in [-0.15, -0.1) is 0 Å². The van der Waals surface area contributed by atoms with Crippen LogP contribution in [0.5, 0.6) is 0 Å². The summed E-state index contributed by atoms with van der Waals surface area (Å²) in [5.74, 6) is -0.469. The molecule has 182 valence electrons. The van der Waals surface area contributed by atoms with Crippen LogP contribution < -0.4 is 10.2 Å². The average molecular weight is 494 g/mol. The number of amides is 2. The fourth-order valence-electron chi connectivity index (χ4n) is 4.89. The molecule has 6 nitrogen and oxygen atoms in total. The zero-order valence-corrected chi connectivity index (χ0v) is 20.4. The summed E-state index contributed by atoms with van der Waals surface area (Å²) in [6.07, 6.45) is 2.45. The Hall–Kier alpha value is -2.94. The number of anilines is 2. The van der Waals surface area contributed by atoms with Gasteiger partial charge >= 0.3 is 0 Å². The molecule has 8 heteroatoms. The van der Waals surface area contributed by atoms with Gasteiger partial charge in [-0.05, 0) is 67.6 Å². The molecule has 1 unspecified atom stereocenters. The van der Waals surface area contributed by atoms with Gasteiger partial charge in [-0.3, -0.25) is 9.59 Å². The molecule has 0 saturated carbocycles. The normalized spacial score (nSPS) is 17.8. The van der Waals surface area contributed by atoms with E-state index in [1.165, 1.54) is 24.1 Å². The van der Waals surface area contributed by atoms with Crippen LogP contribution in [-0.4, -0.2) is 49.5 Å². The lowest BCUT2D eigenvalue weighted by molar-refractivity contribution is -0.120. The van der Waals surface area contributed by atoms with Crippen molar-refractivity contribution in [2.75, 3.05) is 43.6 Å². The molecule has 5 rings (SSSR count). The number of hydrogen-bond donors (Lipinski definition) is 1. The van der Waals surface area contributed by atoms with E-state index in [-0.39, 0.29) is 23.5 Å². The number of carbonyl (C=O) groups excluding carboxylic acids is 2. The molecule has 2 amide bonds. The van der Waals surface area contributed by atoms with E-state index in [2.05, 4.69) is 9.62 Å². The van der Waals surface area contributed by atoms with Gasteiger partial charge in [0, 0.05) is 60.3 Å². The first-order valence-electron chi connectivity index (χ1n) is 11.9.